The molecule has 0 radical (unpaired) electrons. The van der Waals surface area contributed by atoms with E-state index in [9.17, 15) is 0 Å². The van der Waals surface area contributed by atoms with Gasteiger partial charge in [-0.1, -0.05) is 49.4 Å². The lowest BCUT2D eigenvalue weighted by Gasteiger charge is -2.24. The monoisotopic (exact) mass is 283 g/mol. The number of hydrogen-bond donors (Lipinski definition) is 0. The van der Waals surface area contributed by atoms with Crippen molar-refractivity contribution in [3.05, 3.63) is 77.0 Å². The molecular formula is C21H17N. The van der Waals surface area contributed by atoms with Gasteiger partial charge >= 0.3 is 0 Å². The van der Waals surface area contributed by atoms with Gasteiger partial charge in [-0.25, -0.2) is 0 Å². The first kappa shape index (κ1) is 12.2. The third-order valence-corrected chi connectivity index (χ3v) is 5.28. The fourth-order valence-electron chi connectivity index (χ4n) is 4.25. The highest BCUT2D eigenvalue weighted by Crippen LogP contribution is 2.50. The summed E-state index contributed by atoms with van der Waals surface area (Å²) in [6, 6.07) is 17.8. The number of aryl methyl sites for hydroxylation is 2. The first-order valence-electron chi connectivity index (χ1n) is 8.04. The van der Waals surface area contributed by atoms with Gasteiger partial charge < -0.3 is 0 Å². The van der Waals surface area contributed by atoms with Crippen molar-refractivity contribution in [3.8, 4) is 22.4 Å². The molecule has 0 aliphatic heterocycles. The maximum atomic E-state index is 4.66. The average molecular weight is 283 g/mol. The van der Waals surface area contributed by atoms with E-state index in [2.05, 4.69) is 60.4 Å². The number of fused-ring (bicyclic) bond motifs is 7. The molecule has 1 aromatic heterocycles. The topological polar surface area (TPSA) is 12.9 Å². The number of pyridine rings is 1. The summed E-state index contributed by atoms with van der Waals surface area (Å²) in [4.78, 5) is 4.66. The molecule has 0 saturated heterocycles. The molecule has 0 spiro atoms. The Kier molecular flexibility index (Phi) is 2.38. The zero-order chi connectivity index (χ0) is 14.7. The molecule has 3 aromatic rings. The first-order valence-corrected chi connectivity index (χ1v) is 8.04. The van der Waals surface area contributed by atoms with Crippen LogP contribution in [0, 0.1) is 0 Å². The maximum absolute atomic E-state index is 4.66. The summed E-state index contributed by atoms with van der Waals surface area (Å²) in [5, 5.41) is 0. The number of nitrogens with zero attached hydrogens (tertiary/aromatic N) is 1. The molecule has 106 valence electrons. The van der Waals surface area contributed by atoms with Crippen molar-refractivity contribution in [2.45, 2.75) is 25.7 Å². The van der Waals surface area contributed by atoms with Crippen LogP contribution in [-0.2, 0) is 12.8 Å². The molecule has 1 unspecified atom stereocenters. The second kappa shape index (κ2) is 4.30. The Bertz CT molecular complexity index is 908. The third kappa shape index (κ3) is 1.46. The number of aromatic nitrogens is 1. The Morgan fingerprint density at radius 3 is 2.68 bits per heavy atom. The van der Waals surface area contributed by atoms with E-state index in [0.717, 1.165) is 12.8 Å². The van der Waals surface area contributed by atoms with Crippen molar-refractivity contribution in [1.82, 2.24) is 4.98 Å². The number of rotatable bonds is 0. The number of benzene rings is 2. The fraction of sp³-hybridized carbons (Fsp3) is 0.190. The predicted octanol–water partition coefficient (Wildman–Crippen LogP) is 4.98. The van der Waals surface area contributed by atoms with Crippen LogP contribution >= 0.6 is 0 Å². The van der Waals surface area contributed by atoms with E-state index in [1.54, 1.807) is 0 Å². The van der Waals surface area contributed by atoms with Crippen molar-refractivity contribution in [2.24, 2.45) is 0 Å². The first-order chi connectivity index (χ1) is 10.8. The summed E-state index contributed by atoms with van der Waals surface area (Å²) in [7, 11) is 0. The van der Waals surface area contributed by atoms with Gasteiger partial charge in [0.1, 0.15) is 0 Å². The van der Waals surface area contributed by atoms with E-state index in [0.29, 0.717) is 5.92 Å². The van der Waals surface area contributed by atoms with Crippen LogP contribution in [0.2, 0.25) is 0 Å². The average Bonchev–Trinajstić information content (AvgIpc) is 2.88. The zero-order valence-electron chi connectivity index (χ0n) is 12.6. The van der Waals surface area contributed by atoms with Crippen LogP contribution in [0.15, 0.2) is 54.7 Å². The van der Waals surface area contributed by atoms with Crippen molar-refractivity contribution in [1.29, 1.82) is 0 Å². The van der Waals surface area contributed by atoms with Gasteiger partial charge in [0, 0.05) is 17.7 Å². The van der Waals surface area contributed by atoms with E-state index in [-0.39, 0.29) is 0 Å². The van der Waals surface area contributed by atoms with Crippen molar-refractivity contribution >= 4 is 0 Å². The summed E-state index contributed by atoms with van der Waals surface area (Å²) in [6.45, 7) is 2.32. The molecule has 0 fully saturated rings. The lowest BCUT2D eigenvalue weighted by atomic mass is 9.80. The van der Waals surface area contributed by atoms with Crippen molar-refractivity contribution in [3.63, 3.8) is 0 Å². The van der Waals surface area contributed by atoms with Gasteiger partial charge in [-0.3, -0.25) is 4.98 Å². The Morgan fingerprint density at radius 2 is 1.73 bits per heavy atom. The van der Waals surface area contributed by atoms with E-state index < -0.39 is 0 Å². The normalized spacial score (nSPS) is 17.4. The highest BCUT2D eigenvalue weighted by Gasteiger charge is 2.31. The minimum Gasteiger partial charge on any atom is -0.256 e. The van der Waals surface area contributed by atoms with Crippen LogP contribution in [0.5, 0.6) is 0 Å². The number of hydrogen-bond acceptors (Lipinski definition) is 1. The smallest absolute Gasteiger partial charge is 0.0743 e. The van der Waals surface area contributed by atoms with Gasteiger partial charge in [0.15, 0.2) is 0 Å². The van der Waals surface area contributed by atoms with Gasteiger partial charge in [-0.05, 0) is 52.3 Å². The Hall–Kier alpha value is -2.41. The van der Waals surface area contributed by atoms with Crippen LogP contribution in [-0.4, -0.2) is 4.98 Å². The molecule has 1 nitrogen and oxygen atoms in total. The summed E-state index contributed by atoms with van der Waals surface area (Å²) < 4.78 is 0. The summed E-state index contributed by atoms with van der Waals surface area (Å²) >= 11 is 0. The molecule has 22 heavy (non-hydrogen) atoms. The third-order valence-electron chi connectivity index (χ3n) is 5.28. The Labute approximate surface area is 130 Å². The molecule has 0 amide bonds. The van der Waals surface area contributed by atoms with Crippen LogP contribution < -0.4 is 0 Å². The van der Waals surface area contributed by atoms with Gasteiger partial charge in [0.2, 0.25) is 0 Å². The fourth-order valence-corrected chi connectivity index (χ4v) is 4.25. The highest BCUT2D eigenvalue weighted by molar-refractivity contribution is 5.88. The lowest BCUT2D eigenvalue weighted by Crippen LogP contribution is -2.07. The van der Waals surface area contributed by atoms with Crippen molar-refractivity contribution in [2.75, 3.05) is 0 Å². The summed E-state index contributed by atoms with van der Waals surface area (Å²) in [6.07, 6.45) is 4.21. The molecule has 2 aliphatic rings. The van der Waals surface area contributed by atoms with E-state index in [1.165, 1.54) is 44.6 Å². The van der Waals surface area contributed by atoms with E-state index in [4.69, 9.17) is 0 Å². The SMILES string of the molecule is CC1c2cccnc2-c2ccc3c(c21)-c1ccccc1CC3. The molecular weight excluding hydrogens is 266 g/mol. The molecule has 2 aromatic carbocycles. The minimum absolute atomic E-state index is 0.430. The van der Waals surface area contributed by atoms with Gasteiger partial charge in [-0.15, -0.1) is 0 Å². The van der Waals surface area contributed by atoms with Gasteiger partial charge in [0.05, 0.1) is 5.69 Å². The van der Waals surface area contributed by atoms with Gasteiger partial charge in [-0.2, -0.15) is 0 Å². The van der Waals surface area contributed by atoms with Crippen LogP contribution in [0.3, 0.4) is 0 Å². The van der Waals surface area contributed by atoms with Gasteiger partial charge in [0.25, 0.3) is 0 Å². The van der Waals surface area contributed by atoms with Crippen molar-refractivity contribution < 1.29 is 0 Å². The standard InChI is InChI=1S/C21H17N/c1-13-16-7-4-12-22-21(16)18-11-10-15-9-8-14-5-2-3-6-17(14)20(15)19(13)18/h2-7,10-13H,8-9H2,1H3. The van der Waals surface area contributed by atoms with E-state index in [1.807, 2.05) is 6.20 Å². The van der Waals surface area contributed by atoms with E-state index >= 15 is 0 Å². The molecule has 0 saturated carbocycles. The van der Waals surface area contributed by atoms with Crippen LogP contribution in [0.4, 0.5) is 0 Å². The maximum Gasteiger partial charge on any atom is 0.0743 e. The molecule has 0 bridgehead atoms. The molecule has 1 heteroatoms. The van der Waals surface area contributed by atoms with Crippen LogP contribution in [0.25, 0.3) is 22.4 Å². The Morgan fingerprint density at radius 1 is 0.864 bits per heavy atom. The summed E-state index contributed by atoms with van der Waals surface area (Å²) in [5.41, 5.74) is 11.3. The molecule has 1 heterocycles. The largest absolute Gasteiger partial charge is 0.256 e. The quantitative estimate of drug-likeness (QED) is 0.567. The minimum atomic E-state index is 0.430. The molecule has 5 rings (SSSR count). The molecule has 1 atom stereocenters. The highest BCUT2D eigenvalue weighted by atomic mass is 14.7. The predicted molar refractivity (Wildman–Crippen MR) is 90.0 cm³/mol. The Balaban J connectivity index is 1.87. The molecule has 2 aliphatic carbocycles. The molecule has 0 N–H and O–H groups in total. The summed E-state index contributed by atoms with van der Waals surface area (Å²) in [5.74, 6) is 0.430. The zero-order valence-corrected chi connectivity index (χ0v) is 12.6. The second-order valence-electron chi connectivity index (χ2n) is 6.38. The second-order valence-corrected chi connectivity index (χ2v) is 6.38. The lowest BCUT2D eigenvalue weighted by molar-refractivity contribution is 0.911. The van der Waals surface area contributed by atoms with Crippen LogP contribution in [0.1, 0.15) is 35.1 Å².